The Labute approximate surface area is 225 Å². The first kappa shape index (κ1) is 26.3. The summed E-state index contributed by atoms with van der Waals surface area (Å²) in [5.41, 5.74) is 2.40. The van der Waals surface area contributed by atoms with E-state index in [4.69, 9.17) is 9.47 Å². The van der Waals surface area contributed by atoms with Crippen molar-refractivity contribution in [3.8, 4) is 17.9 Å². The summed E-state index contributed by atoms with van der Waals surface area (Å²) in [7, 11) is 0. The van der Waals surface area contributed by atoms with E-state index < -0.39 is 11.8 Å². The van der Waals surface area contributed by atoms with E-state index in [-0.39, 0.29) is 24.2 Å². The quantitative estimate of drug-likeness (QED) is 0.141. The van der Waals surface area contributed by atoms with Gasteiger partial charge in [-0.3, -0.25) is 4.79 Å². The molecule has 0 spiro atoms. The molecule has 0 N–H and O–H groups in total. The molecule has 0 amide bonds. The van der Waals surface area contributed by atoms with Crippen LogP contribution in [0, 0.1) is 29.6 Å². The van der Waals surface area contributed by atoms with Gasteiger partial charge >= 0.3 is 5.97 Å². The molecule has 0 saturated heterocycles. The number of fused-ring (bicyclic) bond motifs is 1. The van der Waals surface area contributed by atoms with Crippen molar-refractivity contribution in [2.24, 2.45) is 0 Å². The van der Waals surface area contributed by atoms with Crippen molar-refractivity contribution in [1.29, 1.82) is 10.5 Å². The minimum absolute atomic E-state index is 0.0520. The van der Waals surface area contributed by atoms with E-state index >= 15 is 0 Å². The lowest BCUT2D eigenvalue weighted by Gasteiger charge is -2.10. The van der Waals surface area contributed by atoms with Gasteiger partial charge in [-0.15, -0.1) is 11.3 Å². The smallest absolute Gasteiger partial charge is 0.348 e. The van der Waals surface area contributed by atoms with Gasteiger partial charge < -0.3 is 9.47 Å². The number of allylic oxidation sites excluding steroid dienone is 1. The number of rotatable bonds is 9. The predicted molar refractivity (Wildman–Crippen MR) is 147 cm³/mol. The number of carbonyl (C=O) groups is 2. The maximum absolute atomic E-state index is 13.0. The average molecular weight is 521 g/mol. The van der Waals surface area contributed by atoms with E-state index in [1.807, 2.05) is 36.4 Å². The van der Waals surface area contributed by atoms with Crippen LogP contribution in [0.2, 0.25) is 0 Å². The summed E-state index contributed by atoms with van der Waals surface area (Å²) >= 11 is 1.05. The summed E-state index contributed by atoms with van der Waals surface area (Å²) in [6, 6.07) is 25.4. The van der Waals surface area contributed by atoms with Crippen LogP contribution in [0.15, 0.2) is 72.3 Å². The molecule has 0 bridgehead atoms. The highest BCUT2D eigenvalue weighted by molar-refractivity contribution is 7.14. The molecule has 4 aromatic rings. The zero-order valence-electron chi connectivity index (χ0n) is 21.0. The van der Waals surface area contributed by atoms with Gasteiger partial charge in [-0.25, -0.2) is 4.79 Å². The number of ketones is 1. The first-order valence-electron chi connectivity index (χ1n) is 12.0. The van der Waals surface area contributed by atoms with Crippen molar-refractivity contribution in [2.45, 2.75) is 26.9 Å². The highest BCUT2D eigenvalue weighted by Crippen LogP contribution is 2.30. The Morgan fingerprint density at radius 2 is 1.79 bits per heavy atom. The van der Waals surface area contributed by atoms with Crippen molar-refractivity contribution < 1.29 is 19.1 Å². The van der Waals surface area contributed by atoms with Crippen LogP contribution in [0.5, 0.6) is 5.75 Å². The number of hydrogen-bond acceptors (Lipinski definition) is 7. The van der Waals surface area contributed by atoms with Crippen LogP contribution < -0.4 is 4.74 Å². The van der Waals surface area contributed by atoms with Crippen LogP contribution in [0.4, 0.5) is 0 Å². The molecule has 3 aromatic carbocycles. The molecular formula is C31H24N2O4S. The second-order valence-electron chi connectivity index (χ2n) is 8.46. The highest BCUT2D eigenvalue weighted by atomic mass is 32.1. The molecule has 1 aromatic heterocycles. The molecule has 0 atom stereocenters. The van der Waals surface area contributed by atoms with Crippen molar-refractivity contribution in [3.05, 3.63) is 104 Å². The molecule has 0 radical (unpaired) electrons. The molecular weight excluding hydrogens is 496 g/mol. The van der Waals surface area contributed by atoms with Crippen LogP contribution in [0.3, 0.4) is 0 Å². The molecule has 0 aliphatic heterocycles. The van der Waals surface area contributed by atoms with Crippen molar-refractivity contribution >= 4 is 39.9 Å². The fraction of sp³-hybridized carbons (Fsp3) is 0.161. The number of hydrogen-bond donors (Lipinski definition) is 0. The summed E-state index contributed by atoms with van der Waals surface area (Å²) in [6.45, 7) is 3.93. The Morgan fingerprint density at radius 1 is 1.03 bits per heavy atom. The van der Waals surface area contributed by atoms with Gasteiger partial charge in [0.25, 0.3) is 0 Å². The molecule has 7 heteroatoms. The molecule has 188 valence electrons. The Kier molecular flexibility index (Phi) is 8.33. The van der Waals surface area contributed by atoms with Crippen LogP contribution >= 0.6 is 11.3 Å². The number of thiophene rings is 1. The fourth-order valence-electron chi connectivity index (χ4n) is 4.09. The number of esters is 1. The van der Waals surface area contributed by atoms with E-state index in [1.54, 1.807) is 32.0 Å². The first-order valence-corrected chi connectivity index (χ1v) is 12.8. The molecule has 0 saturated carbocycles. The van der Waals surface area contributed by atoms with Crippen LogP contribution in [0.1, 0.15) is 43.7 Å². The van der Waals surface area contributed by atoms with Gasteiger partial charge in [-0.2, -0.15) is 10.5 Å². The lowest BCUT2D eigenvalue weighted by molar-refractivity contribution is -0.114. The topological polar surface area (TPSA) is 100 Å². The zero-order valence-corrected chi connectivity index (χ0v) is 21.8. The maximum atomic E-state index is 13.0. The zero-order chi connectivity index (χ0) is 27.1. The Morgan fingerprint density at radius 3 is 2.55 bits per heavy atom. The van der Waals surface area contributed by atoms with E-state index in [2.05, 4.69) is 24.3 Å². The summed E-state index contributed by atoms with van der Waals surface area (Å²) < 4.78 is 11.1. The summed E-state index contributed by atoms with van der Waals surface area (Å²) in [5.74, 6) is -0.361. The van der Waals surface area contributed by atoms with Crippen LogP contribution in [-0.4, -0.2) is 18.4 Å². The van der Waals surface area contributed by atoms with E-state index in [1.165, 1.54) is 6.08 Å². The molecule has 0 fully saturated rings. The van der Waals surface area contributed by atoms with Gasteiger partial charge in [0.1, 0.15) is 29.4 Å². The van der Waals surface area contributed by atoms with E-state index in [0.717, 1.165) is 27.7 Å². The molecule has 0 aliphatic rings. The largest absolute Gasteiger partial charge is 0.489 e. The summed E-state index contributed by atoms with van der Waals surface area (Å²) in [4.78, 5) is 26.0. The van der Waals surface area contributed by atoms with Crippen molar-refractivity contribution in [2.75, 3.05) is 6.61 Å². The second kappa shape index (κ2) is 12.0. The summed E-state index contributed by atoms with van der Waals surface area (Å²) in [6.07, 6.45) is 1.34. The first-order chi connectivity index (χ1) is 18.4. The monoisotopic (exact) mass is 520 g/mol. The molecule has 1 heterocycles. The van der Waals surface area contributed by atoms with Crippen LogP contribution in [0.25, 0.3) is 16.8 Å². The number of carbonyl (C=O) groups excluding carboxylic acids is 2. The lowest BCUT2D eigenvalue weighted by atomic mass is 10.0. The lowest BCUT2D eigenvalue weighted by Crippen LogP contribution is -2.05. The highest BCUT2D eigenvalue weighted by Gasteiger charge is 2.23. The van der Waals surface area contributed by atoms with Crippen molar-refractivity contribution in [1.82, 2.24) is 0 Å². The van der Waals surface area contributed by atoms with Gasteiger partial charge in [-0.1, -0.05) is 54.6 Å². The Hall–Kier alpha value is -4.72. The van der Waals surface area contributed by atoms with Gasteiger partial charge in [0.2, 0.25) is 0 Å². The standard InChI is InChI=1S/C31H24N2O4S/c1-3-36-31(35)30-20(2)27(18-33)29(38-30)16-28(34)24(17-32)14-21-8-6-12-25(15-21)37-19-23-11-7-10-22-9-4-5-13-26(22)23/h4-15H,3,16,19H2,1-2H3/b24-14+. The third-order valence-corrected chi connectivity index (χ3v) is 7.25. The molecule has 0 unspecified atom stereocenters. The van der Waals surface area contributed by atoms with Crippen molar-refractivity contribution in [3.63, 3.8) is 0 Å². The minimum atomic E-state index is -0.526. The number of nitriles is 2. The predicted octanol–water partition coefficient (Wildman–Crippen LogP) is 6.56. The number of Topliss-reactive ketones (excluding diaryl/α,β-unsaturated/α-hetero) is 1. The minimum Gasteiger partial charge on any atom is -0.489 e. The van der Waals surface area contributed by atoms with E-state index in [9.17, 15) is 20.1 Å². The third-order valence-electron chi connectivity index (χ3n) is 5.98. The second-order valence-corrected chi connectivity index (χ2v) is 9.56. The van der Waals surface area contributed by atoms with Crippen LogP contribution in [-0.2, 0) is 22.6 Å². The Balaban J connectivity index is 1.52. The molecule has 38 heavy (non-hydrogen) atoms. The molecule has 6 nitrogen and oxygen atoms in total. The maximum Gasteiger partial charge on any atom is 0.348 e. The van der Waals surface area contributed by atoms with Gasteiger partial charge in [0, 0.05) is 11.3 Å². The average Bonchev–Trinajstić information content (AvgIpc) is 3.25. The van der Waals surface area contributed by atoms with Gasteiger partial charge in [0.15, 0.2) is 5.78 Å². The van der Waals surface area contributed by atoms with Gasteiger partial charge in [-0.05, 0) is 59.5 Å². The SMILES string of the molecule is CCOC(=O)c1sc(CC(=O)/C(C#N)=C/c2cccc(OCc3cccc4ccccc34)c2)c(C#N)c1C. The summed E-state index contributed by atoms with van der Waals surface area (Å²) in [5, 5.41) is 21.5. The van der Waals surface area contributed by atoms with E-state index in [0.29, 0.717) is 33.2 Å². The molecule has 0 aliphatic carbocycles. The number of nitrogens with zero attached hydrogens (tertiary/aromatic N) is 2. The number of benzene rings is 3. The Bertz CT molecular complexity index is 1630. The fourth-order valence-corrected chi connectivity index (χ4v) is 5.24. The number of ether oxygens (including phenoxy) is 2. The van der Waals surface area contributed by atoms with Gasteiger partial charge in [0.05, 0.1) is 17.7 Å². The third kappa shape index (κ3) is 5.81. The normalized spacial score (nSPS) is 11.0. The molecule has 4 rings (SSSR count).